The SMILES string of the molecule is CCOC(=O)CN1C(=O)S/C(=C\c2cc(Br)c(OCc3ccc([N+](=O)[O-])cc3)c(Br)c2)C1=O. The minimum absolute atomic E-state index is 0.00265. The van der Waals surface area contributed by atoms with Gasteiger partial charge < -0.3 is 9.47 Å². The summed E-state index contributed by atoms with van der Waals surface area (Å²) in [6.45, 7) is 1.55. The Hall–Kier alpha value is -2.70. The number of hydrogen-bond acceptors (Lipinski definition) is 8. The van der Waals surface area contributed by atoms with Crippen LogP contribution >= 0.6 is 43.6 Å². The fourth-order valence-electron chi connectivity index (χ4n) is 2.79. The van der Waals surface area contributed by atoms with Gasteiger partial charge in [0.05, 0.1) is 25.4 Å². The second-order valence-electron chi connectivity index (χ2n) is 6.60. The first-order chi connectivity index (χ1) is 15.7. The molecule has 0 unspecified atom stereocenters. The molecule has 0 bridgehead atoms. The number of nitrogens with zero attached hydrogens (tertiary/aromatic N) is 2. The van der Waals surface area contributed by atoms with Crippen LogP contribution in [0.5, 0.6) is 5.75 Å². The summed E-state index contributed by atoms with van der Waals surface area (Å²) in [7, 11) is 0. The van der Waals surface area contributed by atoms with Crippen molar-refractivity contribution in [2.75, 3.05) is 13.2 Å². The largest absolute Gasteiger partial charge is 0.487 e. The number of halogens is 2. The predicted molar refractivity (Wildman–Crippen MR) is 129 cm³/mol. The van der Waals surface area contributed by atoms with E-state index in [0.29, 0.717) is 20.3 Å². The third kappa shape index (κ3) is 6.21. The maximum atomic E-state index is 12.5. The van der Waals surface area contributed by atoms with Crippen LogP contribution < -0.4 is 4.74 Å². The van der Waals surface area contributed by atoms with Gasteiger partial charge in [0.1, 0.15) is 18.9 Å². The first-order valence-electron chi connectivity index (χ1n) is 9.45. The average molecular weight is 600 g/mol. The number of esters is 1. The van der Waals surface area contributed by atoms with Crippen LogP contribution in [-0.2, 0) is 20.9 Å². The van der Waals surface area contributed by atoms with E-state index in [-0.39, 0.29) is 23.8 Å². The zero-order valence-electron chi connectivity index (χ0n) is 17.1. The Morgan fingerprint density at radius 3 is 2.39 bits per heavy atom. The number of carbonyl (C=O) groups is 3. The summed E-state index contributed by atoms with van der Waals surface area (Å²) < 4.78 is 11.8. The molecule has 0 N–H and O–H groups in total. The van der Waals surface area contributed by atoms with Crippen LogP contribution in [0.25, 0.3) is 6.08 Å². The van der Waals surface area contributed by atoms with Crippen LogP contribution in [0.4, 0.5) is 10.5 Å². The van der Waals surface area contributed by atoms with Crippen LogP contribution in [0.3, 0.4) is 0 Å². The lowest BCUT2D eigenvalue weighted by Crippen LogP contribution is -2.34. The zero-order valence-corrected chi connectivity index (χ0v) is 21.1. The Balaban J connectivity index is 1.72. The van der Waals surface area contributed by atoms with Crippen molar-refractivity contribution in [1.82, 2.24) is 4.90 Å². The number of thioether (sulfide) groups is 1. The molecule has 1 aliphatic rings. The number of nitro benzene ring substituents is 1. The van der Waals surface area contributed by atoms with Crippen LogP contribution in [0, 0.1) is 10.1 Å². The molecule has 1 heterocycles. The number of carbonyl (C=O) groups excluding carboxylic acids is 3. The fraction of sp³-hybridized carbons (Fsp3) is 0.190. The number of nitro groups is 1. The van der Waals surface area contributed by atoms with E-state index in [0.717, 1.165) is 22.2 Å². The lowest BCUT2D eigenvalue weighted by Gasteiger charge is -2.12. The molecular formula is C21H16Br2N2O7S. The molecule has 0 aliphatic carbocycles. The number of rotatable bonds is 8. The van der Waals surface area contributed by atoms with Crippen molar-refractivity contribution >= 4 is 72.5 Å². The number of hydrogen-bond donors (Lipinski definition) is 0. The van der Waals surface area contributed by atoms with Crippen molar-refractivity contribution in [3.05, 3.63) is 71.5 Å². The molecule has 1 fully saturated rings. The molecule has 2 aromatic carbocycles. The molecule has 1 saturated heterocycles. The van der Waals surface area contributed by atoms with E-state index in [4.69, 9.17) is 9.47 Å². The second kappa shape index (κ2) is 10.9. The highest BCUT2D eigenvalue weighted by Crippen LogP contribution is 2.38. The highest BCUT2D eigenvalue weighted by molar-refractivity contribution is 9.11. The van der Waals surface area contributed by atoms with Gasteiger partial charge in [0.2, 0.25) is 0 Å². The second-order valence-corrected chi connectivity index (χ2v) is 9.30. The van der Waals surface area contributed by atoms with E-state index in [1.807, 2.05) is 0 Å². The maximum absolute atomic E-state index is 12.5. The molecule has 2 aromatic rings. The van der Waals surface area contributed by atoms with Crippen molar-refractivity contribution in [2.45, 2.75) is 13.5 Å². The van der Waals surface area contributed by atoms with E-state index >= 15 is 0 Å². The number of ether oxygens (including phenoxy) is 2. The molecule has 3 rings (SSSR count). The molecule has 0 spiro atoms. The number of non-ortho nitro benzene ring substituents is 1. The van der Waals surface area contributed by atoms with E-state index in [2.05, 4.69) is 31.9 Å². The minimum atomic E-state index is -0.652. The van der Waals surface area contributed by atoms with Crippen LogP contribution in [0.15, 0.2) is 50.2 Å². The van der Waals surface area contributed by atoms with Gasteiger partial charge in [-0.3, -0.25) is 29.4 Å². The van der Waals surface area contributed by atoms with E-state index in [9.17, 15) is 24.5 Å². The smallest absolute Gasteiger partial charge is 0.326 e. The zero-order chi connectivity index (χ0) is 24.1. The number of imide groups is 1. The van der Waals surface area contributed by atoms with Gasteiger partial charge in [-0.2, -0.15) is 0 Å². The summed E-state index contributed by atoms with van der Waals surface area (Å²) in [5.41, 5.74) is 1.37. The first kappa shape index (κ1) is 24.9. The highest BCUT2D eigenvalue weighted by Gasteiger charge is 2.36. The van der Waals surface area contributed by atoms with Gasteiger partial charge in [0.25, 0.3) is 16.8 Å². The Morgan fingerprint density at radius 2 is 1.82 bits per heavy atom. The first-order valence-corrected chi connectivity index (χ1v) is 11.9. The van der Waals surface area contributed by atoms with Crippen molar-refractivity contribution in [3.8, 4) is 5.75 Å². The van der Waals surface area contributed by atoms with Gasteiger partial charge in [-0.1, -0.05) is 0 Å². The molecule has 0 radical (unpaired) electrons. The third-order valence-electron chi connectivity index (χ3n) is 4.31. The molecular weight excluding hydrogens is 584 g/mol. The Kier molecular flexibility index (Phi) is 8.27. The van der Waals surface area contributed by atoms with Crippen molar-refractivity contribution in [1.29, 1.82) is 0 Å². The van der Waals surface area contributed by atoms with E-state index in [1.165, 1.54) is 12.1 Å². The van der Waals surface area contributed by atoms with Gasteiger partial charge in [-0.25, -0.2) is 0 Å². The quantitative estimate of drug-likeness (QED) is 0.174. The summed E-state index contributed by atoms with van der Waals surface area (Å²) >= 11 is 7.62. The Morgan fingerprint density at radius 1 is 1.18 bits per heavy atom. The summed E-state index contributed by atoms with van der Waals surface area (Å²) in [4.78, 5) is 47.6. The molecule has 0 atom stereocenters. The van der Waals surface area contributed by atoms with Gasteiger partial charge in [-0.15, -0.1) is 0 Å². The molecule has 0 saturated carbocycles. The van der Waals surface area contributed by atoms with E-state index < -0.39 is 28.6 Å². The van der Waals surface area contributed by atoms with Crippen LogP contribution in [-0.4, -0.2) is 40.1 Å². The molecule has 12 heteroatoms. The Bertz CT molecular complexity index is 1130. The van der Waals surface area contributed by atoms with Gasteiger partial charge in [0, 0.05) is 12.1 Å². The summed E-state index contributed by atoms with van der Waals surface area (Å²) in [6.07, 6.45) is 1.55. The average Bonchev–Trinajstić information content (AvgIpc) is 3.01. The fourth-order valence-corrected chi connectivity index (χ4v) is 5.08. The summed E-state index contributed by atoms with van der Waals surface area (Å²) in [5.74, 6) is -0.717. The van der Waals surface area contributed by atoms with E-state index in [1.54, 1.807) is 37.3 Å². The molecule has 9 nitrogen and oxygen atoms in total. The molecule has 2 amide bonds. The summed E-state index contributed by atoms with van der Waals surface area (Å²) in [5, 5.41) is 10.2. The molecule has 0 aromatic heterocycles. The topological polar surface area (TPSA) is 116 Å². The lowest BCUT2D eigenvalue weighted by atomic mass is 10.2. The number of benzene rings is 2. The van der Waals surface area contributed by atoms with Crippen LogP contribution in [0.2, 0.25) is 0 Å². The molecule has 33 heavy (non-hydrogen) atoms. The highest BCUT2D eigenvalue weighted by atomic mass is 79.9. The monoisotopic (exact) mass is 598 g/mol. The van der Waals surface area contributed by atoms with Crippen molar-refractivity contribution < 1.29 is 28.8 Å². The van der Waals surface area contributed by atoms with Crippen molar-refractivity contribution in [2.24, 2.45) is 0 Å². The van der Waals surface area contributed by atoms with Gasteiger partial charge >= 0.3 is 5.97 Å². The normalized spacial score (nSPS) is 14.6. The van der Waals surface area contributed by atoms with Gasteiger partial charge in [-0.05, 0) is 92.0 Å². The molecule has 172 valence electrons. The van der Waals surface area contributed by atoms with Crippen LogP contribution in [0.1, 0.15) is 18.1 Å². The van der Waals surface area contributed by atoms with Crippen molar-refractivity contribution in [3.63, 3.8) is 0 Å². The predicted octanol–water partition coefficient (Wildman–Crippen LogP) is 5.30. The standard InChI is InChI=1S/C21H16Br2N2O7S/c1-2-31-18(26)10-24-20(27)17(33-21(24)28)9-13-7-15(22)19(16(23)8-13)32-11-12-3-5-14(6-4-12)25(29)30/h3-9H,2,10-11H2,1H3/b17-9-. The number of amides is 2. The van der Waals surface area contributed by atoms with Gasteiger partial charge in [0.15, 0.2) is 0 Å². The Labute approximate surface area is 209 Å². The summed E-state index contributed by atoms with van der Waals surface area (Å²) in [6, 6.07) is 9.47. The third-order valence-corrected chi connectivity index (χ3v) is 6.40. The minimum Gasteiger partial charge on any atom is -0.487 e. The lowest BCUT2D eigenvalue weighted by molar-refractivity contribution is -0.384. The molecule has 1 aliphatic heterocycles. The maximum Gasteiger partial charge on any atom is 0.326 e.